The molecule has 0 saturated heterocycles. The molecule has 0 unspecified atom stereocenters. The zero-order chi connectivity index (χ0) is 12.7. The van der Waals surface area contributed by atoms with Crippen molar-refractivity contribution in [2.24, 2.45) is 0 Å². The molecule has 18 heavy (non-hydrogen) atoms. The number of aromatic nitrogens is 2. The molecule has 3 aromatic rings. The van der Waals surface area contributed by atoms with Crippen LogP contribution in [0.2, 0.25) is 0 Å². The molecule has 1 aromatic carbocycles. The zero-order valence-corrected chi connectivity index (χ0v) is 10.3. The lowest BCUT2D eigenvalue weighted by Crippen LogP contribution is -1.89. The van der Waals surface area contributed by atoms with Gasteiger partial charge in [0.1, 0.15) is 5.52 Å². The molecule has 0 radical (unpaired) electrons. The Kier molecular flexibility index (Phi) is 2.30. The van der Waals surface area contributed by atoms with Crippen molar-refractivity contribution in [1.29, 1.82) is 0 Å². The van der Waals surface area contributed by atoms with Crippen LogP contribution in [0.4, 0.5) is 5.69 Å². The van der Waals surface area contributed by atoms with E-state index in [1.54, 1.807) is 6.07 Å². The molecule has 0 aliphatic carbocycles. The van der Waals surface area contributed by atoms with E-state index in [0.717, 1.165) is 22.5 Å². The van der Waals surface area contributed by atoms with Gasteiger partial charge in [-0.1, -0.05) is 0 Å². The number of oxazole rings is 1. The van der Waals surface area contributed by atoms with E-state index in [0.29, 0.717) is 17.2 Å². The number of rotatable bonds is 1. The van der Waals surface area contributed by atoms with Crippen molar-refractivity contribution in [3.05, 3.63) is 41.7 Å². The van der Waals surface area contributed by atoms with E-state index >= 15 is 0 Å². The minimum Gasteiger partial charge on any atom is -0.436 e. The molecule has 0 atom stereocenters. The van der Waals surface area contributed by atoms with Gasteiger partial charge in [-0.05, 0) is 38.1 Å². The highest BCUT2D eigenvalue weighted by Gasteiger charge is 2.11. The number of fused-ring (bicyclic) bond motifs is 1. The van der Waals surface area contributed by atoms with E-state index < -0.39 is 0 Å². The summed E-state index contributed by atoms with van der Waals surface area (Å²) in [5, 5.41) is 0. The van der Waals surface area contributed by atoms with Crippen LogP contribution < -0.4 is 5.73 Å². The number of nitrogens with zero attached hydrogens (tertiary/aromatic N) is 2. The van der Waals surface area contributed by atoms with Crippen molar-refractivity contribution in [2.45, 2.75) is 13.8 Å². The average molecular weight is 239 g/mol. The van der Waals surface area contributed by atoms with Crippen molar-refractivity contribution in [1.82, 2.24) is 9.97 Å². The Bertz CT molecular complexity index is 731. The first-order chi connectivity index (χ1) is 8.63. The summed E-state index contributed by atoms with van der Waals surface area (Å²) >= 11 is 0. The summed E-state index contributed by atoms with van der Waals surface area (Å²) in [7, 11) is 0. The van der Waals surface area contributed by atoms with Gasteiger partial charge in [-0.15, -0.1) is 0 Å². The standard InChI is InChI=1S/C14H13N3O/c1-8-3-5-11(9(2)16-8)14-17-12-6-4-10(15)7-13(12)18-14/h3-7H,15H2,1-2H3. The fourth-order valence-electron chi connectivity index (χ4n) is 1.97. The quantitative estimate of drug-likeness (QED) is 0.663. The minimum absolute atomic E-state index is 0.584. The van der Waals surface area contributed by atoms with Gasteiger partial charge in [0.25, 0.3) is 0 Å². The van der Waals surface area contributed by atoms with E-state index in [1.807, 2.05) is 38.1 Å². The summed E-state index contributed by atoms with van der Waals surface area (Å²) in [6.45, 7) is 3.91. The second kappa shape index (κ2) is 3.84. The molecular formula is C14H13N3O. The summed E-state index contributed by atoms with van der Waals surface area (Å²) in [5.74, 6) is 0.584. The fourth-order valence-corrected chi connectivity index (χ4v) is 1.97. The lowest BCUT2D eigenvalue weighted by Gasteiger charge is -2.00. The van der Waals surface area contributed by atoms with Gasteiger partial charge in [-0.25, -0.2) is 4.98 Å². The Balaban J connectivity index is 2.19. The van der Waals surface area contributed by atoms with Crippen LogP contribution in [0.1, 0.15) is 11.4 Å². The third-order valence-corrected chi connectivity index (χ3v) is 2.87. The number of nitrogens with two attached hydrogens (primary N) is 1. The highest BCUT2D eigenvalue weighted by atomic mass is 16.3. The number of hydrogen-bond donors (Lipinski definition) is 1. The Labute approximate surface area is 104 Å². The highest BCUT2D eigenvalue weighted by molar-refractivity contribution is 5.79. The van der Waals surface area contributed by atoms with Crippen LogP contribution in [0.25, 0.3) is 22.6 Å². The third kappa shape index (κ3) is 1.72. The zero-order valence-electron chi connectivity index (χ0n) is 10.3. The van der Waals surface area contributed by atoms with Gasteiger partial charge in [0.05, 0.1) is 11.3 Å². The van der Waals surface area contributed by atoms with Gasteiger partial charge in [0, 0.05) is 17.4 Å². The Hall–Kier alpha value is -2.36. The lowest BCUT2D eigenvalue weighted by atomic mass is 10.2. The number of hydrogen-bond acceptors (Lipinski definition) is 4. The van der Waals surface area contributed by atoms with E-state index in [2.05, 4.69) is 9.97 Å². The molecule has 3 rings (SSSR count). The van der Waals surface area contributed by atoms with Crippen LogP contribution >= 0.6 is 0 Å². The molecule has 0 amide bonds. The molecule has 0 bridgehead atoms. The van der Waals surface area contributed by atoms with E-state index in [9.17, 15) is 0 Å². The van der Waals surface area contributed by atoms with Crippen LogP contribution in [0, 0.1) is 13.8 Å². The highest BCUT2D eigenvalue weighted by Crippen LogP contribution is 2.27. The second-order valence-corrected chi connectivity index (χ2v) is 4.33. The lowest BCUT2D eigenvalue weighted by molar-refractivity contribution is 0.619. The molecule has 4 heteroatoms. The van der Waals surface area contributed by atoms with E-state index in [4.69, 9.17) is 10.2 Å². The number of benzene rings is 1. The molecule has 2 aromatic heterocycles. The third-order valence-electron chi connectivity index (χ3n) is 2.87. The van der Waals surface area contributed by atoms with Crippen molar-refractivity contribution in [3.8, 4) is 11.5 Å². The predicted octanol–water partition coefficient (Wildman–Crippen LogP) is 3.09. The van der Waals surface area contributed by atoms with E-state index in [-0.39, 0.29) is 0 Å². The fraction of sp³-hybridized carbons (Fsp3) is 0.143. The number of anilines is 1. The monoisotopic (exact) mass is 239 g/mol. The molecule has 0 saturated carbocycles. The topological polar surface area (TPSA) is 64.9 Å². The molecule has 2 heterocycles. The second-order valence-electron chi connectivity index (χ2n) is 4.33. The summed E-state index contributed by atoms with van der Waals surface area (Å²) in [6, 6.07) is 9.38. The van der Waals surface area contributed by atoms with Gasteiger partial charge in [-0.2, -0.15) is 0 Å². The van der Waals surface area contributed by atoms with Crippen LogP contribution in [0.5, 0.6) is 0 Å². The summed E-state index contributed by atoms with van der Waals surface area (Å²) in [6.07, 6.45) is 0. The summed E-state index contributed by atoms with van der Waals surface area (Å²) in [4.78, 5) is 8.87. The first kappa shape index (κ1) is 10.8. The molecule has 90 valence electrons. The van der Waals surface area contributed by atoms with Crippen molar-refractivity contribution < 1.29 is 4.42 Å². The SMILES string of the molecule is Cc1ccc(-c2nc3ccc(N)cc3o2)c(C)n1. The van der Waals surface area contributed by atoms with Crippen LogP contribution in [-0.4, -0.2) is 9.97 Å². The number of nitrogen functional groups attached to an aromatic ring is 1. The molecule has 0 aliphatic heterocycles. The van der Waals surface area contributed by atoms with Crippen molar-refractivity contribution in [3.63, 3.8) is 0 Å². The maximum Gasteiger partial charge on any atom is 0.229 e. The molecule has 0 fully saturated rings. The number of aryl methyl sites for hydroxylation is 2. The van der Waals surface area contributed by atoms with Crippen LogP contribution in [-0.2, 0) is 0 Å². The molecular weight excluding hydrogens is 226 g/mol. The minimum atomic E-state index is 0.584. The Morgan fingerprint density at radius 1 is 1.06 bits per heavy atom. The van der Waals surface area contributed by atoms with Gasteiger partial charge >= 0.3 is 0 Å². The normalized spacial score (nSPS) is 11.0. The van der Waals surface area contributed by atoms with E-state index in [1.165, 1.54) is 0 Å². The van der Waals surface area contributed by atoms with Gasteiger partial charge in [0.2, 0.25) is 5.89 Å². The van der Waals surface area contributed by atoms with Crippen LogP contribution in [0.3, 0.4) is 0 Å². The summed E-state index contributed by atoms with van der Waals surface area (Å²) in [5.41, 5.74) is 10.7. The average Bonchev–Trinajstić information content (AvgIpc) is 2.71. The molecule has 2 N–H and O–H groups in total. The van der Waals surface area contributed by atoms with Gasteiger partial charge in [-0.3, -0.25) is 4.98 Å². The smallest absolute Gasteiger partial charge is 0.229 e. The molecule has 0 spiro atoms. The van der Waals surface area contributed by atoms with Crippen molar-refractivity contribution >= 4 is 16.8 Å². The van der Waals surface area contributed by atoms with Gasteiger partial charge < -0.3 is 10.2 Å². The maximum absolute atomic E-state index is 5.72. The predicted molar refractivity (Wildman–Crippen MR) is 71.1 cm³/mol. The largest absolute Gasteiger partial charge is 0.436 e. The van der Waals surface area contributed by atoms with Crippen molar-refractivity contribution in [2.75, 3.05) is 5.73 Å². The summed E-state index contributed by atoms with van der Waals surface area (Å²) < 4.78 is 5.72. The maximum atomic E-state index is 5.72. The first-order valence-corrected chi connectivity index (χ1v) is 5.74. The Morgan fingerprint density at radius 3 is 2.67 bits per heavy atom. The van der Waals surface area contributed by atoms with Crippen LogP contribution in [0.15, 0.2) is 34.7 Å². The van der Waals surface area contributed by atoms with Gasteiger partial charge in [0.15, 0.2) is 5.58 Å². The first-order valence-electron chi connectivity index (χ1n) is 5.74. The molecule has 0 aliphatic rings. The molecule has 4 nitrogen and oxygen atoms in total. The Morgan fingerprint density at radius 2 is 1.89 bits per heavy atom. The number of pyridine rings is 1.